The van der Waals surface area contributed by atoms with Gasteiger partial charge >= 0.3 is 11.9 Å². The van der Waals surface area contributed by atoms with E-state index in [-0.39, 0.29) is 24.2 Å². The van der Waals surface area contributed by atoms with Crippen molar-refractivity contribution < 1.29 is 58.9 Å². The van der Waals surface area contributed by atoms with Gasteiger partial charge in [0.05, 0.1) is 30.3 Å². The highest BCUT2D eigenvalue weighted by Crippen LogP contribution is 2.63. The Morgan fingerprint density at radius 1 is 1.10 bits per heavy atom. The summed E-state index contributed by atoms with van der Waals surface area (Å²) in [5.41, 5.74) is -7.12. The topological polar surface area (TPSA) is 209 Å². The molecule has 1 aliphatic heterocycles. The molecule has 1 heterocycles. The van der Waals surface area contributed by atoms with Gasteiger partial charge in [-0.1, -0.05) is 13.8 Å². The zero-order valence-electron chi connectivity index (χ0n) is 24.3. The predicted octanol–water partition coefficient (Wildman–Crippen LogP) is -1.35. The van der Waals surface area contributed by atoms with Crippen molar-refractivity contribution in [2.24, 2.45) is 16.7 Å². The second-order valence-corrected chi connectivity index (χ2v) is 12.8. The van der Waals surface area contributed by atoms with E-state index in [2.05, 4.69) is 5.32 Å². The van der Waals surface area contributed by atoms with Gasteiger partial charge in [0.25, 0.3) is 0 Å². The van der Waals surface area contributed by atoms with Crippen LogP contribution in [0, 0.1) is 16.7 Å². The summed E-state index contributed by atoms with van der Waals surface area (Å²) in [7, 11) is 0. The third-order valence-electron chi connectivity index (χ3n) is 10.1. The minimum atomic E-state index is -2.17. The average molecular weight is 584 g/mol. The number of fused-ring (bicyclic) bond motifs is 5. The number of rotatable bonds is 5. The van der Waals surface area contributed by atoms with E-state index in [0.717, 1.165) is 6.92 Å². The van der Waals surface area contributed by atoms with Crippen LogP contribution in [0.4, 0.5) is 0 Å². The first kappa shape index (κ1) is 31.5. The highest BCUT2D eigenvalue weighted by molar-refractivity contribution is 5.93. The SMILES string of the molecule is CC(=O)NC(C)[C@@H](O)C(=O)OC1C[C@@]2(O)[C@@H](OC(C)=O)[C@@H]3[C@]4(O)COC4CC(O)[C@@]3(C)C(=O)[C@H](O)C(=C1C)C2(C)C. The molecule has 2 saturated carbocycles. The standard InChI is InChI=1S/C28H41NO12/c1-11-15(41-24(36)19(33)12(2)29-13(3)30)9-28(38)23(40-14(4)31)21-26(7,16(32)8-17-27(21,37)10-39-17)22(35)20(34)18(11)25(28,5)6/h12,15-17,19-21,23,32-34,37-38H,8-10H2,1-7H3,(H,29,30)/t12?,15?,16?,17?,19-,20-,21+,23+,26-,27+,28-/m1/s1. The number of carbonyl (C=O) groups is 4. The summed E-state index contributed by atoms with van der Waals surface area (Å²) in [6.07, 6.45) is -9.51. The molecule has 0 radical (unpaired) electrons. The van der Waals surface area contributed by atoms with Crippen molar-refractivity contribution in [3.8, 4) is 0 Å². The van der Waals surface area contributed by atoms with Gasteiger partial charge < -0.3 is 45.1 Å². The van der Waals surface area contributed by atoms with Crippen LogP contribution in [0.25, 0.3) is 0 Å². The number of aliphatic hydroxyl groups excluding tert-OH is 3. The monoisotopic (exact) mass is 583 g/mol. The lowest BCUT2D eigenvalue weighted by Crippen LogP contribution is -2.81. The largest absolute Gasteiger partial charge is 0.459 e. The van der Waals surface area contributed by atoms with Crippen molar-refractivity contribution in [2.45, 2.75) is 115 Å². The summed E-state index contributed by atoms with van der Waals surface area (Å²) >= 11 is 0. The van der Waals surface area contributed by atoms with Crippen LogP contribution in [-0.4, -0.2) is 110 Å². The van der Waals surface area contributed by atoms with E-state index in [0.29, 0.717) is 0 Å². The minimum Gasteiger partial charge on any atom is -0.459 e. The number of esters is 2. The molecular weight excluding hydrogens is 542 g/mol. The van der Waals surface area contributed by atoms with E-state index in [1.165, 1.54) is 27.7 Å². The zero-order valence-corrected chi connectivity index (χ0v) is 24.3. The lowest BCUT2D eigenvalue weighted by atomic mass is 9.45. The van der Waals surface area contributed by atoms with Gasteiger partial charge in [0.2, 0.25) is 5.91 Å². The molecule has 1 saturated heterocycles. The maximum atomic E-state index is 14.2. The Balaban J connectivity index is 1.90. The molecule has 3 aliphatic carbocycles. The van der Waals surface area contributed by atoms with E-state index in [1.807, 2.05) is 0 Å². The Hall–Kier alpha value is -2.42. The molecule has 3 fully saturated rings. The molecule has 2 bridgehead atoms. The van der Waals surface area contributed by atoms with E-state index in [1.54, 1.807) is 13.8 Å². The number of nitrogens with one attached hydrogen (secondary N) is 1. The molecule has 13 heteroatoms. The van der Waals surface area contributed by atoms with Gasteiger partial charge in [0.1, 0.15) is 29.5 Å². The summed E-state index contributed by atoms with van der Waals surface area (Å²) in [6, 6.07) is -1.02. The second kappa shape index (κ2) is 10.1. The van der Waals surface area contributed by atoms with Crippen LogP contribution in [0.1, 0.15) is 61.3 Å². The molecule has 0 aromatic heterocycles. The van der Waals surface area contributed by atoms with Crippen LogP contribution in [-0.2, 0) is 33.4 Å². The van der Waals surface area contributed by atoms with Crippen molar-refractivity contribution in [3.63, 3.8) is 0 Å². The van der Waals surface area contributed by atoms with Crippen LogP contribution in [0.15, 0.2) is 11.1 Å². The lowest BCUT2D eigenvalue weighted by molar-refractivity contribution is -0.345. The molecule has 0 aromatic carbocycles. The first-order chi connectivity index (χ1) is 18.7. The van der Waals surface area contributed by atoms with Gasteiger partial charge in [-0.25, -0.2) is 4.79 Å². The maximum Gasteiger partial charge on any atom is 0.337 e. The van der Waals surface area contributed by atoms with E-state index in [9.17, 15) is 44.7 Å². The molecule has 11 atom stereocenters. The Bertz CT molecular complexity index is 1180. The molecule has 0 aromatic rings. The maximum absolute atomic E-state index is 14.2. The van der Waals surface area contributed by atoms with E-state index in [4.69, 9.17) is 14.2 Å². The predicted molar refractivity (Wildman–Crippen MR) is 139 cm³/mol. The Morgan fingerprint density at radius 3 is 2.22 bits per heavy atom. The lowest BCUT2D eigenvalue weighted by Gasteiger charge is -2.66. The normalized spacial score (nSPS) is 42.8. The Kier molecular flexibility index (Phi) is 7.76. The molecule has 4 aliphatic rings. The summed E-state index contributed by atoms with van der Waals surface area (Å²) in [4.78, 5) is 51.1. The third kappa shape index (κ3) is 4.43. The molecular formula is C28H41NO12. The number of amides is 1. The van der Waals surface area contributed by atoms with Gasteiger partial charge in [0, 0.05) is 38.0 Å². The average Bonchev–Trinajstić information content (AvgIpc) is 2.85. The van der Waals surface area contributed by atoms with Gasteiger partial charge in [0.15, 0.2) is 11.9 Å². The first-order valence-electron chi connectivity index (χ1n) is 13.8. The summed E-state index contributed by atoms with van der Waals surface area (Å²) in [5.74, 6) is -4.74. The summed E-state index contributed by atoms with van der Waals surface area (Å²) in [5, 5.41) is 60.2. The molecule has 4 rings (SSSR count). The van der Waals surface area contributed by atoms with Gasteiger partial charge in [-0.2, -0.15) is 0 Å². The van der Waals surface area contributed by atoms with Gasteiger partial charge in [-0.05, 0) is 31.9 Å². The summed E-state index contributed by atoms with van der Waals surface area (Å²) in [6.45, 7) is 9.42. The van der Waals surface area contributed by atoms with Crippen molar-refractivity contribution >= 4 is 23.6 Å². The number of ether oxygens (including phenoxy) is 3. The highest BCUT2D eigenvalue weighted by atomic mass is 16.6. The highest BCUT2D eigenvalue weighted by Gasteiger charge is 2.76. The quantitative estimate of drug-likeness (QED) is 0.164. The molecule has 0 spiro atoms. The third-order valence-corrected chi connectivity index (χ3v) is 10.1. The molecule has 6 N–H and O–H groups in total. The fourth-order valence-corrected chi connectivity index (χ4v) is 7.61. The minimum absolute atomic E-state index is 0.00134. The van der Waals surface area contributed by atoms with E-state index < -0.39 is 101 Å². The number of hydrogen-bond donors (Lipinski definition) is 6. The number of aliphatic hydroxyl groups is 5. The van der Waals surface area contributed by atoms with Crippen molar-refractivity contribution in [2.75, 3.05) is 6.61 Å². The molecule has 4 unspecified atom stereocenters. The number of hydrogen-bond acceptors (Lipinski definition) is 12. The summed E-state index contributed by atoms with van der Waals surface area (Å²) < 4.78 is 16.9. The molecule has 230 valence electrons. The fourth-order valence-electron chi connectivity index (χ4n) is 7.61. The first-order valence-corrected chi connectivity index (χ1v) is 13.8. The van der Waals surface area contributed by atoms with Crippen LogP contribution >= 0.6 is 0 Å². The molecule has 41 heavy (non-hydrogen) atoms. The van der Waals surface area contributed by atoms with Crippen LogP contribution in [0.2, 0.25) is 0 Å². The van der Waals surface area contributed by atoms with Crippen LogP contribution in [0.3, 0.4) is 0 Å². The fraction of sp³-hybridized carbons (Fsp3) is 0.786. The van der Waals surface area contributed by atoms with Crippen LogP contribution in [0.5, 0.6) is 0 Å². The van der Waals surface area contributed by atoms with Gasteiger partial charge in [-0.15, -0.1) is 0 Å². The van der Waals surface area contributed by atoms with Gasteiger partial charge in [-0.3, -0.25) is 14.4 Å². The number of ketones is 1. The number of Topliss-reactive ketones (excluding diaryl/α,β-unsaturated/α-hetero) is 1. The van der Waals surface area contributed by atoms with Crippen molar-refractivity contribution in [1.82, 2.24) is 5.32 Å². The second-order valence-electron chi connectivity index (χ2n) is 12.8. The molecule has 1 amide bonds. The molecule has 13 nitrogen and oxygen atoms in total. The Morgan fingerprint density at radius 2 is 1.71 bits per heavy atom. The van der Waals surface area contributed by atoms with Crippen molar-refractivity contribution in [1.29, 1.82) is 0 Å². The smallest absolute Gasteiger partial charge is 0.337 e. The Labute approximate surface area is 237 Å². The van der Waals surface area contributed by atoms with E-state index >= 15 is 0 Å². The van der Waals surface area contributed by atoms with Crippen LogP contribution < -0.4 is 5.32 Å². The van der Waals surface area contributed by atoms with Crippen molar-refractivity contribution in [3.05, 3.63) is 11.1 Å². The zero-order chi connectivity index (χ0) is 31.0. The number of carbonyl (C=O) groups excluding carboxylic acids is 4.